The first-order valence-electron chi connectivity index (χ1n) is 14.0. The van der Waals surface area contributed by atoms with Gasteiger partial charge in [-0.3, -0.25) is 0 Å². The van der Waals surface area contributed by atoms with Gasteiger partial charge < -0.3 is 20.8 Å². The molecule has 1 heterocycles. The lowest BCUT2D eigenvalue weighted by molar-refractivity contribution is -0.107. The topological polar surface area (TPSA) is 114 Å². The Balaban J connectivity index is 1.24. The number of nitriles is 1. The van der Waals surface area contributed by atoms with Gasteiger partial charge in [-0.15, -0.1) is 0 Å². The zero-order valence-corrected chi connectivity index (χ0v) is 22.2. The highest BCUT2D eigenvalue weighted by molar-refractivity contribution is 5.53. The van der Waals surface area contributed by atoms with Crippen LogP contribution in [0.2, 0.25) is 0 Å². The Morgan fingerprint density at radius 3 is 2.59 bits per heavy atom. The Kier molecular flexibility index (Phi) is 7.69. The Morgan fingerprint density at radius 2 is 1.89 bits per heavy atom. The van der Waals surface area contributed by atoms with Gasteiger partial charge in [-0.05, 0) is 98.0 Å². The van der Waals surface area contributed by atoms with Gasteiger partial charge in [0.05, 0.1) is 18.9 Å². The molecular formula is C30H41N5O2. The second-order valence-corrected chi connectivity index (χ2v) is 12.1. The van der Waals surface area contributed by atoms with Crippen LogP contribution in [0.25, 0.3) is 0 Å². The van der Waals surface area contributed by atoms with Gasteiger partial charge in [0.25, 0.3) is 0 Å². The fourth-order valence-corrected chi connectivity index (χ4v) is 8.05. The molecule has 0 amide bonds. The second kappa shape index (κ2) is 11.0. The maximum absolute atomic E-state index is 9.85. The molecule has 7 nitrogen and oxygen atoms in total. The molecule has 37 heavy (non-hydrogen) atoms. The lowest BCUT2D eigenvalue weighted by Gasteiger charge is -2.61. The first-order chi connectivity index (χ1) is 17.9. The van der Waals surface area contributed by atoms with E-state index in [2.05, 4.69) is 47.7 Å². The van der Waals surface area contributed by atoms with Crippen LogP contribution in [0.1, 0.15) is 68.6 Å². The van der Waals surface area contributed by atoms with Gasteiger partial charge in [-0.1, -0.05) is 31.2 Å². The van der Waals surface area contributed by atoms with Crippen molar-refractivity contribution in [3.8, 4) is 6.07 Å². The van der Waals surface area contributed by atoms with Crippen LogP contribution in [0.4, 0.5) is 11.8 Å². The molecule has 4 N–H and O–H groups in total. The molecule has 6 rings (SSSR count). The highest BCUT2D eigenvalue weighted by Gasteiger charge is 2.55. The molecule has 7 atom stereocenters. The standard InChI is InChI=1S/C30H41N5O2/c1-19-5-3-4-6-22(19)15-32-29-33-16-25(14-31)28(35-29)34-18-30-11-21-9-23(12-30)27(24(10-21)13-30)20(2)7-8-26(37)17-36/h3-6,16,20-21,23-24,26-27,36-37H,7-13,15,17-18H2,1-2H3,(H2,32,33,34,35)/t20?,21?,23-,24+,26-,27-,30-/m0/s1. The van der Waals surface area contributed by atoms with Crippen LogP contribution in [-0.4, -0.2) is 39.4 Å². The average Bonchev–Trinajstić information content (AvgIpc) is 2.89. The van der Waals surface area contributed by atoms with Crippen LogP contribution in [0.3, 0.4) is 0 Å². The number of nitrogens with zero attached hydrogens (tertiary/aromatic N) is 3. The minimum Gasteiger partial charge on any atom is -0.394 e. The van der Waals surface area contributed by atoms with E-state index in [0.717, 1.165) is 36.6 Å². The van der Waals surface area contributed by atoms with Gasteiger partial charge in [0, 0.05) is 13.1 Å². The molecule has 0 aliphatic heterocycles. The van der Waals surface area contributed by atoms with Crippen LogP contribution in [0.5, 0.6) is 0 Å². The molecule has 4 aliphatic carbocycles. The Bertz CT molecular complexity index is 1120. The minimum absolute atomic E-state index is 0.141. The normalized spacial score (nSPS) is 29.5. The van der Waals surface area contributed by atoms with Gasteiger partial charge >= 0.3 is 0 Å². The largest absolute Gasteiger partial charge is 0.394 e. The van der Waals surface area contributed by atoms with Gasteiger partial charge in [-0.25, -0.2) is 4.98 Å². The smallest absolute Gasteiger partial charge is 0.224 e. The number of aliphatic hydroxyl groups excluding tert-OH is 2. The number of nitrogens with one attached hydrogen (secondary N) is 2. The number of anilines is 2. The van der Waals surface area contributed by atoms with Crippen molar-refractivity contribution >= 4 is 11.8 Å². The number of aliphatic hydroxyl groups is 2. The summed E-state index contributed by atoms with van der Waals surface area (Å²) in [5.74, 6) is 4.75. The van der Waals surface area contributed by atoms with E-state index in [9.17, 15) is 15.5 Å². The van der Waals surface area contributed by atoms with Crippen molar-refractivity contribution in [2.24, 2.45) is 35.0 Å². The minimum atomic E-state index is -0.590. The predicted molar refractivity (Wildman–Crippen MR) is 145 cm³/mol. The molecule has 4 aliphatic rings. The summed E-state index contributed by atoms with van der Waals surface area (Å²) in [4.78, 5) is 9.07. The van der Waals surface area contributed by atoms with Crippen molar-refractivity contribution in [1.82, 2.24) is 9.97 Å². The molecule has 4 bridgehead atoms. The average molecular weight is 504 g/mol. The quantitative estimate of drug-likeness (QED) is 0.345. The highest BCUT2D eigenvalue weighted by Crippen LogP contribution is 2.63. The van der Waals surface area contributed by atoms with Crippen LogP contribution in [0, 0.1) is 53.3 Å². The maximum Gasteiger partial charge on any atom is 0.224 e. The Labute approximate surface area is 220 Å². The molecule has 1 aromatic heterocycles. The fraction of sp³-hybridized carbons (Fsp3) is 0.633. The van der Waals surface area contributed by atoms with Crippen molar-refractivity contribution in [2.75, 3.05) is 23.8 Å². The highest BCUT2D eigenvalue weighted by atomic mass is 16.3. The van der Waals surface area contributed by atoms with Crippen LogP contribution in [-0.2, 0) is 6.54 Å². The van der Waals surface area contributed by atoms with Gasteiger partial charge in [0.2, 0.25) is 5.95 Å². The Hall–Kier alpha value is -2.69. The van der Waals surface area contributed by atoms with Crippen LogP contribution < -0.4 is 10.6 Å². The summed E-state index contributed by atoms with van der Waals surface area (Å²) >= 11 is 0. The van der Waals surface area contributed by atoms with Crippen molar-refractivity contribution in [3.05, 3.63) is 47.2 Å². The van der Waals surface area contributed by atoms with Crippen molar-refractivity contribution in [1.29, 1.82) is 5.26 Å². The third-order valence-corrected chi connectivity index (χ3v) is 9.53. The van der Waals surface area contributed by atoms with E-state index in [4.69, 9.17) is 4.98 Å². The first-order valence-corrected chi connectivity index (χ1v) is 14.0. The maximum atomic E-state index is 9.85. The third-order valence-electron chi connectivity index (χ3n) is 9.53. The van der Waals surface area contributed by atoms with E-state index in [-0.39, 0.29) is 12.0 Å². The second-order valence-electron chi connectivity index (χ2n) is 12.1. The molecule has 2 aromatic rings. The molecule has 0 saturated heterocycles. The summed E-state index contributed by atoms with van der Waals surface area (Å²) in [5, 5.41) is 35.7. The summed E-state index contributed by atoms with van der Waals surface area (Å²) in [6.45, 7) is 5.80. The SMILES string of the molecule is Cc1ccccc1CNc1ncc(C#N)c(NC[C@]23CC4C[C@H](C2)[C@@H](C(C)CC[C@H](O)CO)[C@@H](C4)C3)n1. The zero-order valence-electron chi connectivity index (χ0n) is 22.2. The van der Waals surface area contributed by atoms with E-state index in [1.807, 2.05) is 12.1 Å². The summed E-state index contributed by atoms with van der Waals surface area (Å²) in [6.07, 6.45) is 9.10. The van der Waals surface area contributed by atoms with Gasteiger partial charge in [0.1, 0.15) is 17.5 Å². The fourth-order valence-electron chi connectivity index (χ4n) is 8.05. The summed E-state index contributed by atoms with van der Waals surface area (Å²) in [7, 11) is 0. The first kappa shape index (κ1) is 25.9. The number of aromatic nitrogens is 2. The van der Waals surface area contributed by atoms with Crippen molar-refractivity contribution < 1.29 is 10.2 Å². The number of rotatable bonds is 11. The summed E-state index contributed by atoms with van der Waals surface area (Å²) < 4.78 is 0. The molecule has 0 spiro atoms. The molecule has 7 heteroatoms. The molecule has 198 valence electrons. The summed E-state index contributed by atoms with van der Waals surface area (Å²) in [5.41, 5.74) is 3.18. The van der Waals surface area contributed by atoms with E-state index in [1.54, 1.807) is 6.20 Å². The number of aryl methyl sites for hydroxylation is 1. The molecule has 1 aromatic carbocycles. The molecule has 4 fully saturated rings. The zero-order chi connectivity index (χ0) is 26.0. The number of hydrogen-bond donors (Lipinski definition) is 4. The van der Waals surface area contributed by atoms with Crippen LogP contribution in [0.15, 0.2) is 30.5 Å². The van der Waals surface area contributed by atoms with E-state index >= 15 is 0 Å². The predicted octanol–water partition coefficient (Wildman–Crippen LogP) is 4.89. The monoisotopic (exact) mass is 503 g/mol. The lowest BCUT2D eigenvalue weighted by atomic mass is 9.44. The van der Waals surface area contributed by atoms with Crippen molar-refractivity contribution in [3.63, 3.8) is 0 Å². The molecule has 0 radical (unpaired) electrons. The van der Waals surface area contributed by atoms with Crippen molar-refractivity contribution in [2.45, 2.75) is 71.4 Å². The van der Waals surface area contributed by atoms with E-state index < -0.39 is 6.10 Å². The molecule has 2 unspecified atom stereocenters. The number of benzene rings is 1. The molecular weight excluding hydrogens is 462 g/mol. The van der Waals surface area contributed by atoms with Gasteiger partial charge in [0.15, 0.2) is 0 Å². The summed E-state index contributed by atoms with van der Waals surface area (Å²) in [6, 6.07) is 10.5. The van der Waals surface area contributed by atoms with E-state index in [0.29, 0.717) is 36.2 Å². The third kappa shape index (κ3) is 5.61. The molecule has 4 saturated carbocycles. The number of hydrogen-bond acceptors (Lipinski definition) is 7. The Morgan fingerprint density at radius 1 is 1.14 bits per heavy atom. The lowest BCUT2D eigenvalue weighted by Crippen LogP contribution is -2.54. The van der Waals surface area contributed by atoms with Crippen LogP contribution >= 0.6 is 0 Å². The van der Waals surface area contributed by atoms with E-state index in [1.165, 1.54) is 43.2 Å². The van der Waals surface area contributed by atoms with Gasteiger partial charge in [-0.2, -0.15) is 10.2 Å².